The average Bonchev–Trinajstić information content (AvgIpc) is 3.34. The Morgan fingerprint density at radius 1 is 1.12 bits per heavy atom. The summed E-state index contributed by atoms with van der Waals surface area (Å²) < 4.78 is 1.72. The maximum absolute atomic E-state index is 11.2. The number of nitrogens with two attached hydrogens (primary N) is 1. The van der Waals surface area contributed by atoms with Gasteiger partial charge in [-0.1, -0.05) is 37.5 Å². The van der Waals surface area contributed by atoms with E-state index in [0.717, 1.165) is 28.3 Å². The molecular weight excluding hydrogens is 300 g/mol. The lowest BCUT2D eigenvalue weighted by Gasteiger charge is -2.05. The molecule has 1 aliphatic carbocycles. The molecule has 3 aromatic heterocycles. The van der Waals surface area contributed by atoms with E-state index in [1.807, 2.05) is 42.7 Å². The Morgan fingerprint density at radius 2 is 1.96 bits per heavy atom. The molecule has 5 rings (SSSR count). The lowest BCUT2D eigenvalue weighted by molar-refractivity contribution is 0.111. The molecule has 5 nitrogen and oxygen atoms in total. The lowest BCUT2D eigenvalue weighted by atomic mass is 10.1. The lowest BCUT2D eigenvalue weighted by Crippen LogP contribution is -1.95. The molecule has 1 fully saturated rings. The van der Waals surface area contributed by atoms with Crippen LogP contribution < -0.4 is 5.73 Å². The van der Waals surface area contributed by atoms with Gasteiger partial charge in [0, 0.05) is 23.5 Å². The summed E-state index contributed by atoms with van der Waals surface area (Å²) in [6.45, 7) is 0. The van der Waals surface area contributed by atoms with Gasteiger partial charge in [-0.25, -0.2) is 4.98 Å². The van der Waals surface area contributed by atoms with Gasteiger partial charge in [-0.15, -0.1) is 0 Å². The van der Waals surface area contributed by atoms with Crippen molar-refractivity contribution >= 4 is 28.7 Å². The molecule has 0 spiro atoms. The van der Waals surface area contributed by atoms with Gasteiger partial charge in [0.1, 0.15) is 11.3 Å². The van der Waals surface area contributed by atoms with Crippen LogP contribution in [0.25, 0.3) is 27.7 Å². The number of nitrogen functional groups attached to an aromatic ring is 1. The third-order valence-corrected chi connectivity index (χ3v) is 4.05. The number of aromatic amines is 1. The number of aromatic nitrogens is 3. The molecule has 0 bridgehead atoms. The zero-order chi connectivity index (χ0) is 16.5. The molecule has 1 saturated carbocycles. The fraction of sp³-hybridized carbons (Fsp3) is 0.158. The normalized spacial score (nSPS) is 12.8. The molecule has 24 heavy (non-hydrogen) atoms. The summed E-state index contributed by atoms with van der Waals surface area (Å²) in [4.78, 5) is 18.6. The van der Waals surface area contributed by atoms with Crippen molar-refractivity contribution in [3.05, 3.63) is 54.5 Å². The number of imidazole rings is 1. The zero-order valence-corrected chi connectivity index (χ0v) is 13.2. The minimum absolute atomic E-state index is 0.250. The first-order valence-electron chi connectivity index (χ1n) is 8.07. The molecule has 0 atom stereocenters. The van der Waals surface area contributed by atoms with Crippen LogP contribution in [0, 0.1) is 0 Å². The maximum atomic E-state index is 11.2. The Bertz CT molecular complexity index is 1020. The third kappa shape index (κ3) is 2.54. The number of fused-ring (bicyclic) bond motifs is 2. The molecule has 3 N–H and O–H groups in total. The Morgan fingerprint density at radius 3 is 2.71 bits per heavy atom. The summed E-state index contributed by atoms with van der Waals surface area (Å²) in [7, 11) is 0. The molecule has 1 aliphatic rings. The van der Waals surface area contributed by atoms with Gasteiger partial charge >= 0.3 is 0 Å². The van der Waals surface area contributed by atoms with E-state index in [9.17, 15) is 4.79 Å². The third-order valence-electron chi connectivity index (χ3n) is 4.05. The van der Waals surface area contributed by atoms with E-state index in [2.05, 4.69) is 16.0 Å². The van der Waals surface area contributed by atoms with E-state index >= 15 is 0 Å². The number of rotatable bonds is 2. The second-order valence-corrected chi connectivity index (χ2v) is 5.95. The molecule has 1 aromatic carbocycles. The largest absolute Gasteiger partial charge is 0.382 e. The van der Waals surface area contributed by atoms with Crippen LogP contribution in [0.4, 0.5) is 5.82 Å². The number of pyridine rings is 1. The van der Waals surface area contributed by atoms with Crippen LogP contribution in [0.5, 0.6) is 0 Å². The Balaban J connectivity index is 0.000000440. The van der Waals surface area contributed by atoms with Crippen LogP contribution >= 0.6 is 0 Å². The van der Waals surface area contributed by atoms with E-state index in [4.69, 9.17) is 5.73 Å². The van der Waals surface area contributed by atoms with Crippen LogP contribution in [0.3, 0.4) is 0 Å². The number of hydrogen-bond acceptors (Lipinski definition) is 3. The van der Waals surface area contributed by atoms with Crippen LogP contribution in [-0.2, 0) is 0 Å². The quantitative estimate of drug-likeness (QED) is 0.547. The zero-order valence-electron chi connectivity index (χ0n) is 13.2. The van der Waals surface area contributed by atoms with Gasteiger partial charge < -0.3 is 10.7 Å². The number of carbonyl (C=O) groups is 1. The van der Waals surface area contributed by atoms with Crippen molar-refractivity contribution in [2.45, 2.75) is 19.3 Å². The van der Waals surface area contributed by atoms with Crippen LogP contribution in [-0.4, -0.2) is 20.7 Å². The van der Waals surface area contributed by atoms with Crippen molar-refractivity contribution in [3.8, 4) is 11.1 Å². The smallest absolute Gasteiger partial charge is 0.170 e. The number of hydrogen-bond donors (Lipinski definition) is 2. The van der Waals surface area contributed by atoms with Gasteiger partial charge in [0.2, 0.25) is 0 Å². The summed E-state index contributed by atoms with van der Waals surface area (Å²) in [6.07, 6.45) is 9.03. The number of nitrogens with one attached hydrogen (secondary N) is 1. The predicted octanol–water partition coefficient (Wildman–Crippen LogP) is 4.05. The molecule has 120 valence electrons. The highest BCUT2D eigenvalue weighted by molar-refractivity contribution is 5.94. The summed E-state index contributed by atoms with van der Waals surface area (Å²) in [5.74, 6) is 0.250. The van der Waals surface area contributed by atoms with Crippen molar-refractivity contribution in [2.24, 2.45) is 0 Å². The molecular formula is C19H18N4O. The standard InChI is InChI=1S/C16H12N4O.C3H6/c17-16-13(9-21)20-8-11(4-5-14(20)19-16)12-3-1-2-10-6-7-18-15(10)12;1-2-3-1/h1-9,18H,17H2;1-3H2. The Hall–Kier alpha value is -3.08. The Labute approximate surface area is 139 Å². The molecule has 0 saturated heterocycles. The van der Waals surface area contributed by atoms with Crippen molar-refractivity contribution in [3.63, 3.8) is 0 Å². The van der Waals surface area contributed by atoms with E-state index in [-0.39, 0.29) is 5.82 Å². The number of anilines is 1. The van der Waals surface area contributed by atoms with Crippen LogP contribution in [0.1, 0.15) is 29.8 Å². The number of carbonyl (C=O) groups excluding carboxylic acids is 1. The molecule has 3 heterocycles. The fourth-order valence-corrected chi connectivity index (χ4v) is 2.68. The molecule has 4 aromatic rings. The summed E-state index contributed by atoms with van der Waals surface area (Å²) in [5, 5.41) is 1.15. The van der Waals surface area contributed by atoms with Gasteiger partial charge in [0.05, 0.1) is 5.52 Å². The highest BCUT2D eigenvalue weighted by Crippen LogP contribution is 2.28. The highest BCUT2D eigenvalue weighted by atomic mass is 16.1. The van der Waals surface area contributed by atoms with E-state index in [1.54, 1.807) is 4.40 Å². The molecule has 0 unspecified atom stereocenters. The first-order chi connectivity index (χ1) is 11.8. The summed E-state index contributed by atoms with van der Waals surface area (Å²) >= 11 is 0. The first kappa shape index (κ1) is 14.5. The molecule has 0 radical (unpaired) electrons. The van der Waals surface area contributed by atoms with Gasteiger partial charge in [0.25, 0.3) is 0 Å². The van der Waals surface area contributed by atoms with E-state index in [1.165, 1.54) is 19.3 Å². The number of para-hydroxylation sites is 1. The molecule has 0 amide bonds. The second kappa shape index (κ2) is 5.85. The van der Waals surface area contributed by atoms with Crippen LogP contribution in [0.2, 0.25) is 0 Å². The average molecular weight is 318 g/mol. The minimum Gasteiger partial charge on any atom is -0.382 e. The number of H-pyrrole nitrogens is 1. The van der Waals surface area contributed by atoms with Crippen molar-refractivity contribution < 1.29 is 4.79 Å². The first-order valence-corrected chi connectivity index (χ1v) is 8.07. The van der Waals surface area contributed by atoms with Crippen molar-refractivity contribution in [1.29, 1.82) is 0 Å². The highest BCUT2D eigenvalue weighted by Gasteiger charge is 2.11. The summed E-state index contributed by atoms with van der Waals surface area (Å²) in [5.41, 5.74) is 9.94. The number of nitrogens with zero attached hydrogens (tertiary/aromatic N) is 2. The predicted molar refractivity (Wildman–Crippen MR) is 96.1 cm³/mol. The number of benzene rings is 1. The fourth-order valence-electron chi connectivity index (χ4n) is 2.68. The molecule has 0 aliphatic heterocycles. The SMILES string of the molecule is C1CC1.Nc1nc2ccc(-c3cccc4cc[nH]c34)cn2c1C=O. The van der Waals surface area contributed by atoms with E-state index in [0.29, 0.717) is 11.3 Å². The minimum atomic E-state index is 0.250. The number of aldehydes is 1. The maximum Gasteiger partial charge on any atom is 0.170 e. The monoisotopic (exact) mass is 318 g/mol. The van der Waals surface area contributed by atoms with E-state index < -0.39 is 0 Å². The topological polar surface area (TPSA) is 76.2 Å². The van der Waals surface area contributed by atoms with Gasteiger partial charge in [-0.2, -0.15) is 0 Å². The van der Waals surface area contributed by atoms with Crippen molar-refractivity contribution in [1.82, 2.24) is 14.4 Å². The molecule has 5 heteroatoms. The van der Waals surface area contributed by atoms with Gasteiger partial charge in [-0.3, -0.25) is 9.20 Å². The van der Waals surface area contributed by atoms with Gasteiger partial charge in [-0.05, 0) is 23.6 Å². The van der Waals surface area contributed by atoms with Gasteiger partial charge in [0.15, 0.2) is 12.1 Å². The van der Waals surface area contributed by atoms with Crippen molar-refractivity contribution in [2.75, 3.05) is 5.73 Å². The van der Waals surface area contributed by atoms with Crippen LogP contribution in [0.15, 0.2) is 48.8 Å². The second-order valence-electron chi connectivity index (χ2n) is 5.95. The summed E-state index contributed by atoms with van der Waals surface area (Å²) in [6, 6.07) is 12.0. The Kier molecular flexibility index (Phi) is 3.54.